The molecule has 1 unspecified atom stereocenters. The zero-order valence-electron chi connectivity index (χ0n) is 22.1. The lowest BCUT2D eigenvalue weighted by Crippen LogP contribution is -2.47. The van der Waals surface area contributed by atoms with Gasteiger partial charge in [-0.3, -0.25) is 9.78 Å². The van der Waals surface area contributed by atoms with Crippen molar-refractivity contribution in [3.8, 4) is 23.0 Å². The van der Waals surface area contributed by atoms with Gasteiger partial charge in [0.1, 0.15) is 23.6 Å². The van der Waals surface area contributed by atoms with Crippen LogP contribution in [-0.4, -0.2) is 63.3 Å². The lowest BCUT2D eigenvalue weighted by molar-refractivity contribution is -0.140. The molecule has 1 amide bonds. The van der Waals surface area contributed by atoms with Crippen LogP contribution in [0.5, 0.6) is 23.0 Å². The zero-order chi connectivity index (χ0) is 27.4. The molecule has 0 bridgehead atoms. The van der Waals surface area contributed by atoms with E-state index in [0.717, 1.165) is 12.1 Å². The number of anilines is 2. The molecule has 1 aliphatic rings. The van der Waals surface area contributed by atoms with Gasteiger partial charge in [-0.05, 0) is 63.1 Å². The molecule has 5 rings (SSSR count). The highest BCUT2D eigenvalue weighted by molar-refractivity contribution is 5.96. The maximum atomic E-state index is 13.0. The zero-order valence-corrected chi connectivity index (χ0v) is 22.1. The van der Waals surface area contributed by atoms with E-state index >= 15 is 0 Å². The third-order valence-corrected chi connectivity index (χ3v) is 6.52. The van der Waals surface area contributed by atoms with Gasteiger partial charge in [-0.1, -0.05) is 6.07 Å². The topological polar surface area (TPSA) is 119 Å². The van der Waals surface area contributed by atoms with Crippen molar-refractivity contribution in [2.45, 2.75) is 38.9 Å². The number of benzene rings is 2. The normalized spacial score (nSPS) is 16.0. The Bertz CT molecular complexity index is 1460. The molecule has 2 aromatic heterocycles. The molecule has 39 heavy (non-hydrogen) atoms. The Kier molecular flexibility index (Phi) is 7.74. The number of aromatic nitrogens is 3. The van der Waals surface area contributed by atoms with Gasteiger partial charge in [0.2, 0.25) is 0 Å². The van der Waals surface area contributed by atoms with Gasteiger partial charge in [-0.15, -0.1) is 0 Å². The van der Waals surface area contributed by atoms with Gasteiger partial charge in [0.05, 0.1) is 30.3 Å². The number of aryl methyl sites for hydroxylation is 1. The van der Waals surface area contributed by atoms with Crippen molar-refractivity contribution in [3.05, 3.63) is 66.7 Å². The molecular formula is C29H31N5O5. The average Bonchev–Trinajstić information content (AvgIpc) is 2.94. The summed E-state index contributed by atoms with van der Waals surface area (Å²) in [6, 6.07) is 14.7. The van der Waals surface area contributed by atoms with Crippen molar-refractivity contribution < 1.29 is 24.1 Å². The third kappa shape index (κ3) is 6.01. The molecule has 202 valence electrons. The summed E-state index contributed by atoms with van der Waals surface area (Å²) in [4.78, 5) is 27.8. The fourth-order valence-electron chi connectivity index (χ4n) is 4.53. The Morgan fingerprint density at radius 2 is 1.97 bits per heavy atom. The number of carbonyl (C=O) groups is 1. The Morgan fingerprint density at radius 3 is 2.74 bits per heavy atom. The summed E-state index contributed by atoms with van der Waals surface area (Å²) in [6.45, 7) is 4.56. The van der Waals surface area contributed by atoms with Crippen LogP contribution in [-0.2, 0) is 4.79 Å². The van der Waals surface area contributed by atoms with Gasteiger partial charge in [-0.25, -0.2) is 9.97 Å². The molecule has 4 aromatic rings. The van der Waals surface area contributed by atoms with Crippen molar-refractivity contribution in [2.24, 2.45) is 0 Å². The van der Waals surface area contributed by atoms with E-state index in [1.54, 1.807) is 37.3 Å². The van der Waals surface area contributed by atoms with E-state index in [-0.39, 0.29) is 5.91 Å². The first-order chi connectivity index (χ1) is 18.9. The molecule has 0 radical (unpaired) electrons. The van der Waals surface area contributed by atoms with Crippen molar-refractivity contribution in [1.29, 1.82) is 0 Å². The molecule has 0 saturated carbocycles. The summed E-state index contributed by atoms with van der Waals surface area (Å²) in [5.41, 5.74) is 2.28. The second kappa shape index (κ2) is 11.5. The first-order valence-corrected chi connectivity index (χ1v) is 12.8. The van der Waals surface area contributed by atoms with Crippen molar-refractivity contribution in [3.63, 3.8) is 0 Å². The highest BCUT2D eigenvalue weighted by atomic mass is 16.5. The number of carbonyl (C=O) groups excluding carboxylic acids is 1. The van der Waals surface area contributed by atoms with Gasteiger partial charge >= 0.3 is 0 Å². The monoisotopic (exact) mass is 529 g/mol. The number of nitrogens with one attached hydrogen (secondary N) is 1. The Balaban J connectivity index is 1.39. The number of likely N-dealkylation sites (tertiary alicyclic amines) is 1. The maximum Gasteiger partial charge on any atom is 0.263 e. The SMILES string of the molecule is COc1cc(Nc2ncnc3cccc(O[C@H](C)C(=O)N4CCCC(O)C4)c23)ccc1Oc1ccc(C)nc1. The molecule has 10 heteroatoms. The van der Waals surface area contributed by atoms with Crippen LogP contribution in [0.25, 0.3) is 10.9 Å². The summed E-state index contributed by atoms with van der Waals surface area (Å²) in [5.74, 6) is 2.50. The third-order valence-electron chi connectivity index (χ3n) is 6.52. The number of aliphatic hydroxyl groups is 1. The van der Waals surface area contributed by atoms with Crippen LogP contribution in [0.15, 0.2) is 61.1 Å². The van der Waals surface area contributed by atoms with Crippen LogP contribution in [0.2, 0.25) is 0 Å². The molecule has 1 fully saturated rings. The maximum absolute atomic E-state index is 13.0. The summed E-state index contributed by atoms with van der Waals surface area (Å²) in [5, 5.41) is 13.9. The fraction of sp³-hybridized carbons (Fsp3) is 0.310. The lowest BCUT2D eigenvalue weighted by Gasteiger charge is -2.32. The second-order valence-electron chi connectivity index (χ2n) is 9.44. The highest BCUT2D eigenvalue weighted by Crippen LogP contribution is 2.37. The molecule has 1 aliphatic heterocycles. The number of aliphatic hydroxyl groups excluding tert-OH is 1. The summed E-state index contributed by atoms with van der Waals surface area (Å²) < 4.78 is 17.7. The van der Waals surface area contributed by atoms with Gasteiger partial charge in [0.15, 0.2) is 17.6 Å². The lowest BCUT2D eigenvalue weighted by atomic mass is 10.1. The molecule has 1 saturated heterocycles. The number of methoxy groups -OCH3 is 1. The predicted octanol–water partition coefficient (Wildman–Crippen LogP) is 4.63. The number of fused-ring (bicyclic) bond motifs is 1. The number of piperidine rings is 1. The minimum absolute atomic E-state index is 0.166. The second-order valence-corrected chi connectivity index (χ2v) is 9.44. The number of amides is 1. The number of β-amino-alcohol motifs (C(OH)–C–C–N with tert-alkyl or cyclic N) is 1. The van der Waals surface area contributed by atoms with Crippen LogP contribution < -0.4 is 19.5 Å². The molecule has 10 nitrogen and oxygen atoms in total. The van der Waals surface area contributed by atoms with Crippen molar-refractivity contribution in [1.82, 2.24) is 19.9 Å². The molecule has 2 N–H and O–H groups in total. The average molecular weight is 530 g/mol. The van der Waals surface area contributed by atoms with E-state index in [4.69, 9.17) is 14.2 Å². The fourth-order valence-corrected chi connectivity index (χ4v) is 4.53. The Hall–Kier alpha value is -4.44. The smallest absolute Gasteiger partial charge is 0.263 e. The van der Waals surface area contributed by atoms with Crippen LogP contribution in [0.1, 0.15) is 25.5 Å². The Labute approximate surface area is 226 Å². The molecular weight excluding hydrogens is 498 g/mol. The van der Waals surface area contributed by atoms with Crippen LogP contribution in [0.3, 0.4) is 0 Å². The summed E-state index contributed by atoms with van der Waals surface area (Å²) >= 11 is 0. The standard InChI is InChI=1S/C29H31N5O5/c1-18-9-11-22(15-30-18)39-24-12-10-20(14-26(24)37-3)33-28-27-23(31-17-32-28)7-4-8-25(27)38-19(2)29(36)34-13-5-6-21(35)16-34/h4,7-12,14-15,17,19,21,35H,5-6,13,16H2,1-3H3,(H,31,32,33)/t19-,21?/m1/s1. The van der Waals surface area contributed by atoms with E-state index < -0.39 is 12.2 Å². The van der Waals surface area contributed by atoms with Gasteiger partial charge in [-0.2, -0.15) is 0 Å². The first-order valence-electron chi connectivity index (χ1n) is 12.8. The van der Waals surface area contributed by atoms with Crippen LogP contribution in [0, 0.1) is 6.92 Å². The molecule has 0 spiro atoms. The summed E-state index contributed by atoms with van der Waals surface area (Å²) in [7, 11) is 1.57. The van der Waals surface area contributed by atoms with Crippen molar-refractivity contribution in [2.75, 3.05) is 25.5 Å². The number of nitrogens with zero attached hydrogens (tertiary/aromatic N) is 4. The number of hydrogen-bond acceptors (Lipinski definition) is 9. The number of hydrogen-bond donors (Lipinski definition) is 2. The van der Waals surface area contributed by atoms with Crippen molar-refractivity contribution >= 4 is 28.3 Å². The predicted molar refractivity (Wildman–Crippen MR) is 147 cm³/mol. The van der Waals surface area contributed by atoms with Gasteiger partial charge < -0.3 is 29.5 Å². The van der Waals surface area contributed by atoms with E-state index in [0.29, 0.717) is 64.9 Å². The number of pyridine rings is 1. The van der Waals surface area contributed by atoms with Crippen LogP contribution >= 0.6 is 0 Å². The molecule has 3 heterocycles. The van der Waals surface area contributed by atoms with E-state index in [2.05, 4.69) is 20.3 Å². The van der Waals surface area contributed by atoms with E-state index in [1.807, 2.05) is 43.3 Å². The quantitative estimate of drug-likeness (QED) is 0.337. The van der Waals surface area contributed by atoms with E-state index in [9.17, 15) is 9.90 Å². The Morgan fingerprint density at radius 1 is 1.10 bits per heavy atom. The first kappa shape index (κ1) is 26.2. The van der Waals surface area contributed by atoms with E-state index in [1.165, 1.54) is 6.33 Å². The molecule has 2 aromatic carbocycles. The minimum atomic E-state index is -0.748. The number of rotatable bonds is 8. The van der Waals surface area contributed by atoms with Gasteiger partial charge in [0, 0.05) is 30.5 Å². The molecule has 2 atom stereocenters. The van der Waals surface area contributed by atoms with Gasteiger partial charge in [0.25, 0.3) is 5.91 Å². The largest absolute Gasteiger partial charge is 0.493 e. The number of ether oxygens (including phenoxy) is 3. The summed E-state index contributed by atoms with van der Waals surface area (Å²) in [6.07, 6.45) is 3.35. The highest BCUT2D eigenvalue weighted by Gasteiger charge is 2.27. The molecule has 0 aliphatic carbocycles. The van der Waals surface area contributed by atoms with Crippen LogP contribution in [0.4, 0.5) is 11.5 Å². The minimum Gasteiger partial charge on any atom is -0.493 e.